The summed E-state index contributed by atoms with van der Waals surface area (Å²) in [6.07, 6.45) is 0. The molecule has 31 heavy (non-hydrogen) atoms. The van der Waals surface area contributed by atoms with E-state index in [0.29, 0.717) is 35.2 Å². The van der Waals surface area contributed by atoms with E-state index in [4.69, 9.17) is 4.52 Å². The van der Waals surface area contributed by atoms with E-state index in [9.17, 15) is 14.0 Å². The van der Waals surface area contributed by atoms with Crippen LogP contribution in [0.2, 0.25) is 0 Å². The van der Waals surface area contributed by atoms with Gasteiger partial charge in [0.15, 0.2) is 5.82 Å². The number of rotatable bonds is 7. The van der Waals surface area contributed by atoms with Crippen LogP contribution in [0.4, 0.5) is 10.2 Å². The number of fused-ring (bicyclic) bond motifs is 1. The summed E-state index contributed by atoms with van der Waals surface area (Å²) < 4.78 is 18.2. The standard InChI is InChI=1S/C21H19FN6O3/c1-12(21-25-17(28-31-21)13-6-8-14(22)9-7-13)19(29)24-11-10-23-18-15-4-2-3-5-16(15)20(30)27-26-18/h2-9,12H,10-11H2,1H3,(H,23,26)(H,24,29)(H,27,30). The summed E-state index contributed by atoms with van der Waals surface area (Å²) in [7, 11) is 0. The lowest BCUT2D eigenvalue weighted by atomic mass is 10.1. The SMILES string of the molecule is CC(C(=O)NCCNc1n[nH]c(=O)c2ccccc12)c1nc(-c2ccc(F)cc2)no1. The van der Waals surface area contributed by atoms with Crippen LogP contribution in [0.5, 0.6) is 0 Å². The largest absolute Gasteiger partial charge is 0.366 e. The summed E-state index contributed by atoms with van der Waals surface area (Å²) in [6, 6.07) is 12.8. The molecule has 0 aliphatic carbocycles. The van der Waals surface area contributed by atoms with Crippen LogP contribution >= 0.6 is 0 Å². The van der Waals surface area contributed by atoms with Gasteiger partial charge in [0.1, 0.15) is 11.7 Å². The van der Waals surface area contributed by atoms with Crippen molar-refractivity contribution in [3.05, 3.63) is 70.6 Å². The van der Waals surface area contributed by atoms with E-state index in [1.165, 1.54) is 24.3 Å². The highest BCUT2D eigenvalue weighted by atomic mass is 19.1. The monoisotopic (exact) mass is 422 g/mol. The first-order chi connectivity index (χ1) is 15.0. The molecule has 0 spiro atoms. The van der Waals surface area contributed by atoms with Crippen LogP contribution in [0.1, 0.15) is 18.7 Å². The number of nitrogens with one attached hydrogen (secondary N) is 3. The Bertz CT molecular complexity index is 1270. The molecule has 0 radical (unpaired) electrons. The summed E-state index contributed by atoms with van der Waals surface area (Å²) >= 11 is 0. The zero-order valence-electron chi connectivity index (χ0n) is 16.6. The molecule has 2 heterocycles. The summed E-state index contributed by atoms with van der Waals surface area (Å²) in [4.78, 5) is 28.5. The Kier molecular flexibility index (Phi) is 5.69. The molecule has 9 nitrogen and oxygen atoms in total. The zero-order chi connectivity index (χ0) is 21.8. The minimum Gasteiger partial charge on any atom is -0.366 e. The lowest BCUT2D eigenvalue weighted by Crippen LogP contribution is -2.32. The van der Waals surface area contributed by atoms with Gasteiger partial charge in [-0.15, -0.1) is 0 Å². The molecule has 0 saturated carbocycles. The third-order valence-corrected chi connectivity index (χ3v) is 4.72. The van der Waals surface area contributed by atoms with Crippen LogP contribution in [-0.2, 0) is 4.79 Å². The maximum absolute atomic E-state index is 13.1. The minimum atomic E-state index is -0.659. The van der Waals surface area contributed by atoms with Crippen LogP contribution in [0, 0.1) is 5.82 Å². The Labute approximate surface area is 175 Å². The number of carbonyl (C=O) groups is 1. The molecule has 2 aromatic carbocycles. The van der Waals surface area contributed by atoms with E-state index in [0.717, 1.165) is 0 Å². The van der Waals surface area contributed by atoms with Gasteiger partial charge < -0.3 is 15.2 Å². The van der Waals surface area contributed by atoms with Gasteiger partial charge >= 0.3 is 0 Å². The number of benzene rings is 2. The maximum Gasteiger partial charge on any atom is 0.272 e. The molecule has 1 amide bonds. The number of aromatic nitrogens is 4. The lowest BCUT2D eigenvalue weighted by Gasteiger charge is -2.10. The van der Waals surface area contributed by atoms with E-state index in [-0.39, 0.29) is 29.0 Å². The number of hydrogen-bond acceptors (Lipinski definition) is 7. The Hall–Kier alpha value is -4.08. The average Bonchev–Trinajstić information content (AvgIpc) is 3.28. The number of nitrogens with zero attached hydrogens (tertiary/aromatic N) is 3. The van der Waals surface area contributed by atoms with Gasteiger partial charge in [-0.3, -0.25) is 9.59 Å². The highest BCUT2D eigenvalue weighted by Gasteiger charge is 2.22. The molecule has 1 unspecified atom stereocenters. The van der Waals surface area contributed by atoms with Crippen molar-refractivity contribution in [3.63, 3.8) is 0 Å². The molecule has 0 bridgehead atoms. The Morgan fingerprint density at radius 3 is 2.65 bits per heavy atom. The molecule has 4 rings (SSSR count). The van der Waals surface area contributed by atoms with Crippen LogP contribution in [-0.4, -0.2) is 39.3 Å². The first-order valence-corrected chi connectivity index (χ1v) is 9.61. The van der Waals surface area contributed by atoms with Crippen LogP contribution in [0.3, 0.4) is 0 Å². The van der Waals surface area contributed by atoms with Gasteiger partial charge in [-0.05, 0) is 37.3 Å². The zero-order valence-corrected chi connectivity index (χ0v) is 16.6. The quantitative estimate of drug-likeness (QED) is 0.391. The second kappa shape index (κ2) is 8.74. The van der Waals surface area contributed by atoms with Gasteiger partial charge in [-0.2, -0.15) is 10.1 Å². The fraction of sp³-hybridized carbons (Fsp3) is 0.190. The number of anilines is 1. The molecular weight excluding hydrogens is 403 g/mol. The van der Waals surface area contributed by atoms with Gasteiger partial charge in [-0.25, -0.2) is 9.49 Å². The highest BCUT2D eigenvalue weighted by Crippen LogP contribution is 2.20. The Balaban J connectivity index is 1.33. The van der Waals surface area contributed by atoms with Crippen LogP contribution < -0.4 is 16.2 Å². The molecule has 3 N–H and O–H groups in total. The number of H-pyrrole nitrogens is 1. The maximum atomic E-state index is 13.1. The van der Waals surface area contributed by atoms with E-state index in [1.54, 1.807) is 25.1 Å². The van der Waals surface area contributed by atoms with Crippen molar-refractivity contribution >= 4 is 22.5 Å². The van der Waals surface area contributed by atoms with Gasteiger partial charge in [0.2, 0.25) is 17.6 Å². The number of halogens is 1. The smallest absolute Gasteiger partial charge is 0.272 e. The van der Waals surface area contributed by atoms with Crippen LogP contribution in [0.15, 0.2) is 57.8 Å². The molecule has 4 aromatic rings. The van der Waals surface area contributed by atoms with Crippen molar-refractivity contribution in [1.29, 1.82) is 0 Å². The first-order valence-electron chi connectivity index (χ1n) is 9.61. The molecule has 0 saturated heterocycles. The molecule has 158 valence electrons. The van der Waals surface area contributed by atoms with Gasteiger partial charge in [0.05, 0.1) is 5.39 Å². The molecular formula is C21H19FN6O3. The first kappa shape index (κ1) is 20.2. The molecule has 0 fully saturated rings. The summed E-state index contributed by atoms with van der Waals surface area (Å²) in [6.45, 7) is 2.37. The fourth-order valence-electron chi connectivity index (χ4n) is 3.01. The predicted octanol–water partition coefficient (Wildman–Crippen LogP) is 2.44. The van der Waals surface area contributed by atoms with Gasteiger partial charge in [0.25, 0.3) is 5.56 Å². The predicted molar refractivity (Wildman–Crippen MR) is 112 cm³/mol. The van der Waals surface area contributed by atoms with E-state index < -0.39 is 5.92 Å². The number of carbonyl (C=O) groups excluding carboxylic acids is 1. The number of hydrogen-bond donors (Lipinski definition) is 3. The van der Waals surface area contributed by atoms with E-state index in [2.05, 4.69) is 31.0 Å². The molecule has 10 heteroatoms. The second-order valence-electron chi connectivity index (χ2n) is 6.85. The highest BCUT2D eigenvalue weighted by molar-refractivity contribution is 5.90. The number of aromatic amines is 1. The molecule has 0 aliphatic heterocycles. The van der Waals surface area contributed by atoms with Crippen molar-refractivity contribution in [2.75, 3.05) is 18.4 Å². The van der Waals surface area contributed by atoms with Crippen molar-refractivity contribution in [2.45, 2.75) is 12.8 Å². The second-order valence-corrected chi connectivity index (χ2v) is 6.85. The summed E-state index contributed by atoms with van der Waals surface area (Å²) in [5, 5.41) is 17.4. The molecule has 0 aliphatic rings. The third-order valence-electron chi connectivity index (χ3n) is 4.72. The minimum absolute atomic E-state index is 0.165. The normalized spacial score (nSPS) is 11.9. The summed E-state index contributed by atoms with van der Waals surface area (Å²) in [5.74, 6) is -0.327. The van der Waals surface area contributed by atoms with Crippen molar-refractivity contribution in [3.8, 4) is 11.4 Å². The molecule has 2 aromatic heterocycles. The summed E-state index contributed by atoms with van der Waals surface area (Å²) in [5.41, 5.74) is 0.330. The fourth-order valence-corrected chi connectivity index (χ4v) is 3.01. The third kappa shape index (κ3) is 4.42. The average molecular weight is 422 g/mol. The lowest BCUT2D eigenvalue weighted by molar-refractivity contribution is -0.122. The Morgan fingerprint density at radius 2 is 1.87 bits per heavy atom. The van der Waals surface area contributed by atoms with Crippen LogP contribution in [0.25, 0.3) is 22.2 Å². The van der Waals surface area contributed by atoms with Crippen molar-refractivity contribution in [1.82, 2.24) is 25.7 Å². The topological polar surface area (TPSA) is 126 Å². The van der Waals surface area contributed by atoms with E-state index >= 15 is 0 Å². The van der Waals surface area contributed by atoms with Crippen molar-refractivity contribution < 1.29 is 13.7 Å². The molecule has 1 atom stereocenters. The van der Waals surface area contributed by atoms with E-state index in [1.807, 2.05) is 6.07 Å². The van der Waals surface area contributed by atoms with Gasteiger partial charge in [0, 0.05) is 24.0 Å². The van der Waals surface area contributed by atoms with Gasteiger partial charge in [-0.1, -0.05) is 23.4 Å². The Morgan fingerprint density at radius 1 is 1.13 bits per heavy atom. The number of amides is 1. The van der Waals surface area contributed by atoms with Crippen molar-refractivity contribution in [2.24, 2.45) is 0 Å².